The van der Waals surface area contributed by atoms with E-state index in [1.807, 2.05) is 25.1 Å². The van der Waals surface area contributed by atoms with Gasteiger partial charge in [0.2, 0.25) is 0 Å². The van der Waals surface area contributed by atoms with Crippen LogP contribution >= 0.6 is 15.9 Å². The normalized spacial score (nSPS) is 16.0. The molecule has 2 N–H and O–H groups in total. The van der Waals surface area contributed by atoms with E-state index in [1.54, 1.807) is 6.92 Å². The third-order valence-corrected chi connectivity index (χ3v) is 4.03. The highest BCUT2D eigenvalue weighted by atomic mass is 79.9. The number of hydrogen-bond acceptors (Lipinski definition) is 3. The molecule has 4 nitrogen and oxygen atoms in total. The Morgan fingerprint density at radius 3 is 3.00 bits per heavy atom. The molecule has 0 radical (unpaired) electrons. The van der Waals surface area contributed by atoms with Gasteiger partial charge in [0.25, 0.3) is 5.91 Å². The van der Waals surface area contributed by atoms with Crippen molar-refractivity contribution in [2.24, 2.45) is 0 Å². The molecule has 1 atom stereocenters. The van der Waals surface area contributed by atoms with E-state index in [1.165, 1.54) is 5.57 Å². The van der Waals surface area contributed by atoms with Gasteiger partial charge in [-0.15, -0.1) is 0 Å². The number of hydrogen-bond donors (Lipinski definition) is 2. The molecule has 1 aliphatic heterocycles. The zero-order valence-corrected chi connectivity index (χ0v) is 14.0. The van der Waals surface area contributed by atoms with Gasteiger partial charge in [-0.3, -0.25) is 4.79 Å². The van der Waals surface area contributed by atoms with Crippen LogP contribution in [0.5, 0.6) is 5.75 Å². The van der Waals surface area contributed by atoms with Crippen LogP contribution in [-0.4, -0.2) is 31.6 Å². The molecule has 0 saturated heterocycles. The lowest BCUT2D eigenvalue weighted by Crippen LogP contribution is -2.38. The van der Waals surface area contributed by atoms with Gasteiger partial charge in [-0.25, -0.2) is 0 Å². The topological polar surface area (TPSA) is 50.4 Å². The molecule has 0 aromatic heterocycles. The molecule has 1 aromatic carbocycles. The van der Waals surface area contributed by atoms with Crippen LogP contribution in [0.3, 0.4) is 0 Å². The predicted octanol–water partition coefficient (Wildman–Crippen LogP) is 2.56. The van der Waals surface area contributed by atoms with Crippen molar-refractivity contribution in [1.29, 1.82) is 0 Å². The lowest BCUT2D eigenvalue weighted by Gasteiger charge is -2.18. The van der Waals surface area contributed by atoms with Gasteiger partial charge in [-0.2, -0.15) is 0 Å². The van der Waals surface area contributed by atoms with Crippen LogP contribution in [0.25, 0.3) is 0 Å². The first-order valence-electron chi connectivity index (χ1n) is 7.15. The van der Waals surface area contributed by atoms with Crippen molar-refractivity contribution < 1.29 is 9.53 Å². The summed E-state index contributed by atoms with van der Waals surface area (Å²) in [4.78, 5) is 12.1. The smallest absolute Gasteiger partial charge is 0.261 e. The molecule has 2 rings (SSSR count). The van der Waals surface area contributed by atoms with Gasteiger partial charge in [0.05, 0.1) is 4.47 Å². The lowest BCUT2D eigenvalue weighted by molar-refractivity contribution is -0.127. The van der Waals surface area contributed by atoms with Gasteiger partial charge in [-0.1, -0.05) is 17.7 Å². The van der Waals surface area contributed by atoms with E-state index in [9.17, 15) is 4.79 Å². The summed E-state index contributed by atoms with van der Waals surface area (Å²) < 4.78 is 6.58. The summed E-state index contributed by atoms with van der Waals surface area (Å²) in [5.74, 6) is 0.589. The van der Waals surface area contributed by atoms with Crippen molar-refractivity contribution in [3.8, 4) is 5.75 Å². The number of carbonyl (C=O) groups is 1. The minimum Gasteiger partial charge on any atom is -0.480 e. The van der Waals surface area contributed by atoms with Crippen molar-refractivity contribution in [2.45, 2.75) is 26.4 Å². The second-order valence-electron chi connectivity index (χ2n) is 5.23. The summed E-state index contributed by atoms with van der Waals surface area (Å²) in [6.45, 7) is 6.23. The molecule has 1 aliphatic rings. The predicted molar refractivity (Wildman–Crippen MR) is 87.5 cm³/mol. The Morgan fingerprint density at radius 1 is 1.52 bits per heavy atom. The fourth-order valence-electron chi connectivity index (χ4n) is 2.12. The Labute approximate surface area is 134 Å². The van der Waals surface area contributed by atoms with Crippen LogP contribution in [0, 0.1) is 6.92 Å². The van der Waals surface area contributed by atoms with E-state index in [0.29, 0.717) is 12.3 Å². The van der Waals surface area contributed by atoms with Crippen molar-refractivity contribution in [2.75, 3.05) is 19.6 Å². The van der Waals surface area contributed by atoms with Crippen LogP contribution in [0.4, 0.5) is 0 Å². The van der Waals surface area contributed by atoms with E-state index in [-0.39, 0.29) is 5.91 Å². The average Bonchev–Trinajstić information content (AvgIpc) is 2.48. The number of benzene rings is 1. The Bertz CT molecular complexity index is 543. The number of amides is 1. The molecule has 0 spiro atoms. The minimum atomic E-state index is -0.522. The highest BCUT2D eigenvalue weighted by molar-refractivity contribution is 9.10. The number of rotatable bonds is 5. The van der Waals surface area contributed by atoms with Gasteiger partial charge in [0.15, 0.2) is 6.10 Å². The summed E-state index contributed by atoms with van der Waals surface area (Å²) >= 11 is 3.45. The Hall–Kier alpha value is -1.33. The van der Waals surface area contributed by atoms with E-state index in [2.05, 4.69) is 32.6 Å². The first-order valence-corrected chi connectivity index (χ1v) is 7.94. The number of nitrogens with one attached hydrogen (secondary N) is 2. The Balaban J connectivity index is 1.85. The van der Waals surface area contributed by atoms with Crippen LogP contribution in [0.15, 0.2) is 34.3 Å². The van der Waals surface area contributed by atoms with Gasteiger partial charge >= 0.3 is 0 Å². The molecule has 1 amide bonds. The quantitative estimate of drug-likeness (QED) is 0.800. The highest BCUT2D eigenvalue weighted by Gasteiger charge is 2.16. The largest absolute Gasteiger partial charge is 0.480 e. The molecule has 0 saturated carbocycles. The molecule has 21 heavy (non-hydrogen) atoms. The summed E-state index contributed by atoms with van der Waals surface area (Å²) in [7, 11) is 0. The molecule has 5 heteroatoms. The van der Waals surface area contributed by atoms with Crippen LogP contribution in [-0.2, 0) is 4.79 Å². The maximum atomic E-state index is 12.1. The molecule has 0 aliphatic carbocycles. The second kappa shape index (κ2) is 7.61. The monoisotopic (exact) mass is 352 g/mol. The Morgan fingerprint density at radius 2 is 2.33 bits per heavy atom. The lowest BCUT2D eigenvalue weighted by atomic mass is 10.1. The average molecular weight is 353 g/mol. The van der Waals surface area contributed by atoms with E-state index in [0.717, 1.165) is 29.5 Å². The second-order valence-corrected chi connectivity index (χ2v) is 6.08. The summed E-state index contributed by atoms with van der Waals surface area (Å²) in [5, 5.41) is 6.18. The van der Waals surface area contributed by atoms with Gasteiger partial charge in [0, 0.05) is 13.1 Å². The zero-order chi connectivity index (χ0) is 15.2. The zero-order valence-electron chi connectivity index (χ0n) is 12.4. The molecule has 114 valence electrons. The number of ether oxygens (including phenoxy) is 1. The van der Waals surface area contributed by atoms with E-state index in [4.69, 9.17) is 4.74 Å². The molecule has 1 aromatic rings. The molecule has 1 heterocycles. The van der Waals surface area contributed by atoms with Crippen molar-refractivity contribution in [3.63, 3.8) is 0 Å². The SMILES string of the molecule is Cc1ccc(OC(C)C(=O)NCC2=CCNCC2)c(Br)c1. The molecular formula is C16H21BrN2O2. The van der Waals surface area contributed by atoms with E-state index >= 15 is 0 Å². The first-order chi connectivity index (χ1) is 10.1. The van der Waals surface area contributed by atoms with Crippen molar-refractivity contribution >= 4 is 21.8 Å². The maximum absolute atomic E-state index is 12.1. The van der Waals surface area contributed by atoms with Gasteiger partial charge in [-0.05, 0) is 60.4 Å². The summed E-state index contributed by atoms with van der Waals surface area (Å²) in [6.07, 6.45) is 2.59. The standard InChI is InChI=1S/C16H21BrN2O2/c1-11-3-4-15(14(17)9-11)21-12(2)16(20)19-10-13-5-7-18-8-6-13/h3-5,9,12,18H,6-8,10H2,1-2H3,(H,19,20). The molecular weight excluding hydrogens is 332 g/mol. The third-order valence-electron chi connectivity index (χ3n) is 3.41. The van der Waals surface area contributed by atoms with Gasteiger partial charge in [0.1, 0.15) is 5.75 Å². The maximum Gasteiger partial charge on any atom is 0.261 e. The van der Waals surface area contributed by atoms with Crippen molar-refractivity contribution in [3.05, 3.63) is 39.9 Å². The molecule has 0 bridgehead atoms. The van der Waals surface area contributed by atoms with Crippen LogP contribution < -0.4 is 15.4 Å². The summed E-state index contributed by atoms with van der Waals surface area (Å²) in [6, 6.07) is 5.81. The number of carbonyl (C=O) groups excluding carboxylic acids is 1. The van der Waals surface area contributed by atoms with Crippen LogP contribution in [0.1, 0.15) is 18.9 Å². The Kier molecular flexibility index (Phi) is 5.82. The number of halogens is 1. The fraction of sp³-hybridized carbons (Fsp3) is 0.438. The van der Waals surface area contributed by atoms with Crippen LogP contribution in [0.2, 0.25) is 0 Å². The third kappa shape index (κ3) is 4.86. The van der Waals surface area contributed by atoms with Crippen molar-refractivity contribution in [1.82, 2.24) is 10.6 Å². The van der Waals surface area contributed by atoms with E-state index < -0.39 is 6.10 Å². The molecule has 0 fully saturated rings. The highest BCUT2D eigenvalue weighted by Crippen LogP contribution is 2.26. The van der Waals surface area contributed by atoms with Gasteiger partial charge < -0.3 is 15.4 Å². The number of aryl methyl sites for hydroxylation is 1. The fourth-order valence-corrected chi connectivity index (χ4v) is 2.71. The minimum absolute atomic E-state index is 0.0955. The molecule has 1 unspecified atom stereocenters. The summed E-state index contributed by atoms with van der Waals surface area (Å²) in [5.41, 5.74) is 2.41. The first kappa shape index (κ1) is 16.0.